The van der Waals surface area contributed by atoms with Gasteiger partial charge in [0.15, 0.2) is 5.78 Å². The van der Waals surface area contributed by atoms with Crippen LogP contribution in [0.5, 0.6) is 5.75 Å². The van der Waals surface area contributed by atoms with Crippen LogP contribution >= 0.6 is 0 Å². The molecule has 1 saturated heterocycles. The van der Waals surface area contributed by atoms with Crippen molar-refractivity contribution in [1.82, 2.24) is 0 Å². The second kappa shape index (κ2) is 3.80. The maximum atomic E-state index is 11.5. The fraction of sp³-hybridized carbons (Fsp3) is 0.364. The first-order chi connectivity index (χ1) is 6.81. The molecule has 0 saturated carbocycles. The zero-order chi connectivity index (χ0) is 9.97. The van der Waals surface area contributed by atoms with E-state index in [4.69, 9.17) is 9.47 Å². The van der Waals surface area contributed by atoms with Crippen LogP contribution in [0, 0.1) is 0 Å². The molecule has 0 aromatic heterocycles. The topological polar surface area (TPSA) is 38.8 Å². The number of carbonyl (C=O) groups excluding carboxylic acids is 1. The Morgan fingerprint density at radius 2 is 2.14 bits per heavy atom. The van der Waals surface area contributed by atoms with Gasteiger partial charge in [-0.3, -0.25) is 4.79 Å². The SMILES string of the molecule is CCOc1ccc(C(=O)C2CO2)cc1. The molecule has 3 heteroatoms. The molecule has 1 atom stereocenters. The summed E-state index contributed by atoms with van der Waals surface area (Å²) in [6.07, 6.45) is -0.201. The minimum Gasteiger partial charge on any atom is -0.494 e. The van der Waals surface area contributed by atoms with Crippen molar-refractivity contribution < 1.29 is 14.3 Å². The van der Waals surface area contributed by atoms with Gasteiger partial charge in [0, 0.05) is 5.56 Å². The van der Waals surface area contributed by atoms with Crippen LogP contribution < -0.4 is 4.74 Å². The summed E-state index contributed by atoms with van der Waals surface area (Å²) in [6.45, 7) is 3.13. The number of Topliss-reactive ketones (excluding diaryl/α,β-unsaturated/α-hetero) is 1. The Labute approximate surface area is 82.6 Å². The summed E-state index contributed by atoms with van der Waals surface area (Å²) in [5, 5.41) is 0. The Hall–Kier alpha value is -1.35. The number of ketones is 1. The molecule has 0 bridgehead atoms. The summed E-state index contributed by atoms with van der Waals surface area (Å²) in [6, 6.07) is 7.15. The molecule has 0 N–H and O–H groups in total. The van der Waals surface area contributed by atoms with Gasteiger partial charge in [-0.15, -0.1) is 0 Å². The number of hydrogen-bond acceptors (Lipinski definition) is 3. The van der Waals surface area contributed by atoms with E-state index in [0.717, 1.165) is 5.75 Å². The molecular formula is C11H12O3. The lowest BCUT2D eigenvalue weighted by atomic mass is 10.1. The molecule has 3 nitrogen and oxygen atoms in total. The molecule has 74 valence electrons. The second-order valence-electron chi connectivity index (χ2n) is 3.14. The number of rotatable bonds is 4. The highest BCUT2D eigenvalue weighted by Gasteiger charge is 2.31. The van der Waals surface area contributed by atoms with Crippen LogP contribution in [0.25, 0.3) is 0 Å². The van der Waals surface area contributed by atoms with Crippen LogP contribution in [-0.2, 0) is 4.74 Å². The van der Waals surface area contributed by atoms with Crippen LogP contribution in [0.1, 0.15) is 17.3 Å². The monoisotopic (exact) mass is 192 g/mol. The molecule has 0 radical (unpaired) electrons. The predicted molar refractivity (Wildman–Crippen MR) is 51.7 cm³/mol. The molecule has 1 aliphatic rings. The van der Waals surface area contributed by atoms with E-state index in [9.17, 15) is 4.79 Å². The van der Waals surface area contributed by atoms with Crippen molar-refractivity contribution in [2.24, 2.45) is 0 Å². The molecule has 1 aromatic carbocycles. The minimum atomic E-state index is -0.201. The first kappa shape index (κ1) is 9.21. The average Bonchev–Trinajstić information content (AvgIpc) is 3.02. The number of hydrogen-bond donors (Lipinski definition) is 0. The molecule has 1 unspecified atom stereocenters. The largest absolute Gasteiger partial charge is 0.494 e. The Balaban J connectivity index is 2.08. The maximum Gasteiger partial charge on any atom is 0.193 e. The Kier molecular flexibility index (Phi) is 2.50. The lowest BCUT2D eigenvalue weighted by Crippen LogP contribution is -2.06. The van der Waals surface area contributed by atoms with Gasteiger partial charge < -0.3 is 9.47 Å². The van der Waals surface area contributed by atoms with Gasteiger partial charge in [-0.05, 0) is 31.2 Å². The highest BCUT2D eigenvalue weighted by Crippen LogP contribution is 2.18. The van der Waals surface area contributed by atoms with Gasteiger partial charge in [-0.2, -0.15) is 0 Å². The normalized spacial score (nSPS) is 19.1. The minimum absolute atomic E-state index is 0.0630. The Morgan fingerprint density at radius 3 is 2.64 bits per heavy atom. The van der Waals surface area contributed by atoms with Crippen LogP contribution in [0.3, 0.4) is 0 Å². The fourth-order valence-corrected chi connectivity index (χ4v) is 1.27. The van der Waals surface area contributed by atoms with Crippen LogP contribution in [-0.4, -0.2) is 25.1 Å². The van der Waals surface area contributed by atoms with Crippen molar-refractivity contribution in [3.63, 3.8) is 0 Å². The van der Waals surface area contributed by atoms with Crippen LogP contribution in [0.15, 0.2) is 24.3 Å². The lowest BCUT2D eigenvalue weighted by molar-refractivity contribution is 0.0953. The molecule has 0 aliphatic carbocycles. The van der Waals surface area contributed by atoms with Crippen LogP contribution in [0.4, 0.5) is 0 Å². The highest BCUT2D eigenvalue weighted by atomic mass is 16.6. The molecular weight excluding hydrogens is 180 g/mol. The number of epoxide rings is 1. The van der Waals surface area contributed by atoms with Crippen molar-refractivity contribution in [2.45, 2.75) is 13.0 Å². The number of ether oxygens (including phenoxy) is 2. The third-order valence-electron chi connectivity index (χ3n) is 2.08. The van der Waals surface area contributed by atoms with Crippen molar-refractivity contribution in [2.75, 3.05) is 13.2 Å². The highest BCUT2D eigenvalue weighted by molar-refractivity contribution is 6.00. The van der Waals surface area contributed by atoms with Gasteiger partial charge in [0.1, 0.15) is 11.9 Å². The van der Waals surface area contributed by atoms with E-state index in [0.29, 0.717) is 18.8 Å². The zero-order valence-corrected chi connectivity index (χ0v) is 8.03. The van der Waals surface area contributed by atoms with Gasteiger partial charge in [0.25, 0.3) is 0 Å². The molecule has 1 fully saturated rings. The van der Waals surface area contributed by atoms with E-state index >= 15 is 0 Å². The van der Waals surface area contributed by atoms with E-state index in [1.54, 1.807) is 24.3 Å². The molecule has 1 aromatic rings. The van der Waals surface area contributed by atoms with Crippen molar-refractivity contribution >= 4 is 5.78 Å². The third-order valence-corrected chi connectivity index (χ3v) is 2.08. The molecule has 14 heavy (non-hydrogen) atoms. The van der Waals surface area contributed by atoms with Crippen molar-refractivity contribution in [3.8, 4) is 5.75 Å². The average molecular weight is 192 g/mol. The van der Waals surface area contributed by atoms with E-state index in [1.165, 1.54) is 0 Å². The van der Waals surface area contributed by atoms with Gasteiger partial charge in [-0.25, -0.2) is 0 Å². The lowest BCUT2D eigenvalue weighted by Gasteiger charge is -2.02. The van der Waals surface area contributed by atoms with E-state index in [2.05, 4.69) is 0 Å². The predicted octanol–water partition coefficient (Wildman–Crippen LogP) is 1.67. The fourth-order valence-electron chi connectivity index (χ4n) is 1.27. The second-order valence-corrected chi connectivity index (χ2v) is 3.14. The standard InChI is InChI=1S/C11H12O3/c1-2-13-9-5-3-8(4-6-9)11(12)10-7-14-10/h3-6,10H,2,7H2,1H3. The number of carbonyl (C=O) groups is 1. The molecule has 1 heterocycles. The third kappa shape index (κ3) is 1.93. The smallest absolute Gasteiger partial charge is 0.193 e. The summed E-state index contributed by atoms with van der Waals surface area (Å²) in [4.78, 5) is 11.5. The molecule has 2 rings (SSSR count). The summed E-state index contributed by atoms with van der Waals surface area (Å²) >= 11 is 0. The maximum absolute atomic E-state index is 11.5. The summed E-state index contributed by atoms with van der Waals surface area (Å²) in [7, 11) is 0. The van der Waals surface area contributed by atoms with Gasteiger partial charge in [0.05, 0.1) is 13.2 Å². The first-order valence-corrected chi connectivity index (χ1v) is 4.70. The van der Waals surface area contributed by atoms with E-state index in [1.807, 2.05) is 6.92 Å². The van der Waals surface area contributed by atoms with E-state index in [-0.39, 0.29) is 11.9 Å². The summed E-state index contributed by atoms with van der Waals surface area (Å²) in [5.74, 6) is 0.855. The quantitative estimate of drug-likeness (QED) is 0.538. The van der Waals surface area contributed by atoms with Crippen molar-refractivity contribution in [1.29, 1.82) is 0 Å². The zero-order valence-electron chi connectivity index (χ0n) is 8.03. The molecule has 1 aliphatic heterocycles. The Morgan fingerprint density at radius 1 is 1.50 bits per heavy atom. The van der Waals surface area contributed by atoms with E-state index < -0.39 is 0 Å². The van der Waals surface area contributed by atoms with Crippen LogP contribution in [0.2, 0.25) is 0 Å². The molecule has 0 spiro atoms. The summed E-state index contributed by atoms with van der Waals surface area (Å²) in [5.41, 5.74) is 0.691. The number of benzene rings is 1. The molecule has 0 amide bonds. The van der Waals surface area contributed by atoms with Gasteiger partial charge in [0.2, 0.25) is 0 Å². The van der Waals surface area contributed by atoms with Gasteiger partial charge in [-0.1, -0.05) is 0 Å². The summed E-state index contributed by atoms with van der Waals surface area (Å²) < 4.78 is 10.2. The van der Waals surface area contributed by atoms with Crippen molar-refractivity contribution in [3.05, 3.63) is 29.8 Å². The van der Waals surface area contributed by atoms with Gasteiger partial charge >= 0.3 is 0 Å². The Bertz CT molecular complexity index is 325. The first-order valence-electron chi connectivity index (χ1n) is 4.70.